The average Bonchev–Trinajstić information content (AvgIpc) is 3.31. The Labute approximate surface area is 213 Å². The summed E-state index contributed by atoms with van der Waals surface area (Å²) < 4.78 is 7.11. The van der Waals surface area contributed by atoms with E-state index in [4.69, 9.17) is 16.3 Å². The third-order valence-corrected chi connectivity index (χ3v) is 6.40. The standard InChI is InChI=1S/C26H24ClN5O2S/c1-17-4-12-22(13-5-17)32-25(20-6-10-21(27)11-7-20)30-31-26(32)35-16-24(33)29-28-18(2)19-8-14-23(34-3)15-9-19/h4-15H,16H2,1-3H3,(H,29,33). The topological polar surface area (TPSA) is 81.4 Å². The van der Waals surface area contributed by atoms with Crippen molar-refractivity contribution < 1.29 is 9.53 Å². The number of nitrogens with zero attached hydrogens (tertiary/aromatic N) is 4. The summed E-state index contributed by atoms with van der Waals surface area (Å²) in [5.41, 5.74) is 7.13. The number of ether oxygens (including phenoxy) is 1. The molecule has 0 fully saturated rings. The van der Waals surface area contributed by atoms with Gasteiger partial charge in [0.25, 0.3) is 5.91 Å². The lowest BCUT2D eigenvalue weighted by molar-refractivity contribution is -0.118. The first-order chi connectivity index (χ1) is 16.9. The molecule has 7 nitrogen and oxygen atoms in total. The Kier molecular flexibility index (Phi) is 7.84. The molecule has 0 radical (unpaired) electrons. The van der Waals surface area contributed by atoms with E-state index in [1.54, 1.807) is 7.11 Å². The van der Waals surface area contributed by atoms with Gasteiger partial charge < -0.3 is 4.74 Å². The fourth-order valence-electron chi connectivity index (χ4n) is 3.28. The van der Waals surface area contributed by atoms with Crippen LogP contribution >= 0.6 is 23.4 Å². The first-order valence-electron chi connectivity index (χ1n) is 10.8. The van der Waals surface area contributed by atoms with Crippen molar-refractivity contribution in [3.05, 3.63) is 88.9 Å². The summed E-state index contributed by atoms with van der Waals surface area (Å²) in [6.45, 7) is 3.87. The van der Waals surface area contributed by atoms with Gasteiger partial charge in [-0.05, 0) is 80.1 Å². The normalized spacial score (nSPS) is 11.4. The lowest BCUT2D eigenvalue weighted by Crippen LogP contribution is -2.21. The largest absolute Gasteiger partial charge is 0.497 e. The molecule has 1 amide bonds. The number of hydrazone groups is 1. The van der Waals surface area contributed by atoms with E-state index in [2.05, 4.69) is 20.7 Å². The fourth-order valence-corrected chi connectivity index (χ4v) is 4.15. The smallest absolute Gasteiger partial charge is 0.250 e. The predicted molar refractivity (Wildman–Crippen MR) is 141 cm³/mol. The molecule has 0 atom stereocenters. The van der Waals surface area contributed by atoms with Crippen molar-refractivity contribution in [2.24, 2.45) is 5.10 Å². The molecule has 0 spiro atoms. The number of carbonyl (C=O) groups excluding carboxylic acids is 1. The number of methoxy groups -OCH3 is 1. The Hall–Kier alpha value is -3.62. The summed E-state index contributed by atoms with van der Waals surface area (Å²) in [6, 6.07) is 23.0. The van der Waals surface area contributed by atoms with Gasteiger partial charge in [0, 0.05) is 16.3 Å². The number of nitrogens with one attached hydrogen (secondary N) is 1. The summed E-state index contributed by atoms with van der Waals surface area (Å²) >= 11 is 7.35. The minimum atomic E-state index is -0.241. The van der Waals surface area contributed by atoms with Crippen LogP contribution in [0.3, 0.4) is 0 Å². The molecule has 1 heterocycles. The Morgan fingerprint density at radius 2 is 1.71 bits per heavy atom. The van der Waals surface area contributed by atoms with Crippen LogP contribution in [0.1, 0.15) is 18.1 Å². The van der Waals surface area contributed by atoms with Crippen molar-refractivity contribution in [1.82, 2.24) is 20.2 Å². The minimum absolute atomic E-state index is 0.129. The fraction of sp³-hybridized carbons (Fsp3) is 0.154. The zero-order valence-corrected chi connectivity index (χ0v) is 21.1. The van der Waals surface area contributed by atoms with Crippen LogP contribution in [-0.4, -0.2) is 39.2 Å². The van der Waals surface area contributed by atoms with Crippen molar-refractivity contribution in [3.63, 3.8) is 0 Å². The second kappa shape index (κ2) is 11.2. The maximum Gasteiger partial charge on any atom is 0.250 e. The lowest BCUT2D eigenvalue weighted by Gasteiger charge is -2.11. The van der Waals surface area contributed by atoms with Gasteiger partial charge in [0.1, 0.15) is 5.75 Å². The monoisotopic (exact) mass is 505 g/mol. The van der Waals surface area contributed by atoms with Gasteiger partial charge in [-0.1, -0.05) is 41.1 Å². The van der Waals surface area contributed by atoms with E-state index < -0.39 is 0 Å². The van der Waals surface area contributed by atoms with Gasteiger partial charge in [-0.2, -0.15) is 5.10 Å². The van der Waals surface area contributed by atoms with Crippen LogP contribution in [0.5, 0.6) is 5.75 Å². The van der Waals surface area contributed by atoms with Crippen LogP contribution < -0.4 is 10.2 Å². The molecule has 9 heteroatoms. The molecule has 0 saturated heterocycles. The first-order valence-corrected chi connectivity index (χ1v) is 12.2. The second-order valence-electron chi connectivity index (χ2n) is 7.73. The number of thioether (sulfide) groups is 1. The number of rotatable bonds is 8. The van der Waals surface area contributed by atoms with E-state index in [1.807, 2.05) is 91.2 Å². The van der Waals surface area contributed by atoms with E-state index in [-0.39, 0.29) is 11.7 Å². The highest BCUT2D eigenvalue weighted by atomic mass is 35.5. The molecule has 0 aliphatic heterocycles. The molecule has 0 bridgehead atoms. The molecular weight excluding hydrogens is 482 g/mol. The molecule has 0 saturated carbocycles. The highest BCUT2D eigenvalue weighted by molar-refractivity contribution is 7.99. The van der Waals surface area contributed by atoms with Crippen LogP contribution in [-0.2, 0) is 4.79 Å². The molecular formula is C26H24ClN5O2S. The van der Waals surface area contributed by atoms with Gasteiger partial charge in [-0.15, -0.1) is 10.2 Å². The number of carbonyl (C=O) groups is 1. The summed E-state index contributed by atoms with van der Waals surface area (Å²) in [7, 11) is 1.62. The molecule has 1 aromatic heterocycles. The van der Waals surface area contributed by atoms with Crippen molar-refractivity contribution >= 4 is 35.0 Å². The maximum atomic E-state index is 12.5. The van der Waals surface area contributed by atoms with Crippen LogP contribution in [0.25, 0.3) is 17.1 Å². The van der Waals surface area contributed by atoms with Gasteiger partial charge in [0.15, 0.2) is 11.0 Å². The van der Waals surface area contributed by atoms with Gasteiger partial charge in [-0.3, -0.25) is 9.36 Å². The zero-order chi connectivity index (χ0) is 24.8. The van der Waals surface area contributed by atoms with Gasteiger partial charge >= 0.3 is 0 Å². The summed E-state index contributed by atoms with van der Waals surface area (Å²) in [6.07, 6.45) is 0. The number of amides is 1. The van der Waals surface area contributed by atoms with Crippen molar-refractivity contribution in [2.75, 3.05) is 12.9 Å². The number of benzene rings is 3. The Morgan fingerprint density at radius 1 is 1.03 bits per heavy atom. The number of hydrogen-bond donors (Lipinski definition) is 1. The predicted octanol–water partition coefficient (Wildman–Crippen LogP) is 5.54. The van der Waals surface area contributed by atoms with Crippen LogP contribution in [0.2, 0.25) is 5.02 Å². The molecule has 3 aromatic carbocycles. The average molecular weight is 506 g/mol. The highest BCUT2D eigenvalue weighted by Gasteiger charge is 2.17. The molecule has 0 aliphatic rings. The van der Waals surface area contributed by atoms with E-state index in [1.165, 1.54) is 11.8 Å². The van der Waals surface area contributed by atoms with E-state index in [0.29, 0.717) is 21.7 Å². The first kappa shape index (κ1) is 24.5. The van der Waals surface area contributed by atoms with Crippen molar-refractivity contribution in [1.29, 1.82) is 0 Å². The quantitative estimate of drug-likeness (QED) is 0.193. The summed E-state index contributed by atoms with van der Waals surface area (Å²) in [5, 5.41) is 14.2. The third-order valence-electron chi connectivity index (χ3n) is 5.22. The van der Waals surface area contributed by atoms with Gasteiger partial charge in [0.05, 0.1) is 18.6 Å². The molecule has 0 aliphatic carbocycles. The molecule has 35 heavy (non-hydrogen) atoms. The van der Waals surface area contributed by atoms with E-state index in [9.17, 15) is 4.79 Å². The third kappa shape index (κ3) is 6.09. The minimum Gasteiger partial charge on any atom is -0.497 e. The number of hydrogen-bond acceptors (Lipinski definition) is 6. The van der Waals surface area contributed by atoms with Gasteiger partial charge in [0.2, 0.25) is 0 Å². The lowest BCUT2D eigenvalue weighted by atomic mass is 10.1. The molecule has 1 N–H and O–H groups in total. The summed E-state index contributed by atoms with van der Waals surface area (Å²) in [5.74, 6) is 1.32. The Balaban J connectivity index is 1.51. The molecule has 178 valence electrons. The van der Waals surface area contributed by atoms with Gasteiger partial charge in [-0.25, -0.2) is 5.43 Å². The maximum absolute atomic E-state index is 12.5. The van der Waals surface area contributed by atoms with Crippen LogP contribution in [0.4, 0.5) is 0 Å². The Bertz CT molecular complexity index is 1330. The number of halogens is 1. The van der Waals surface area contributed by atoms with Crippen molar-refractivity contribution in [3.8, 4) is 22.8 Å². The number of aromatic nitrogens is 3. The second-order valence-corrected chi connectivity index (χ2v) is 9.11. The van der Waals surface area contributed by atoms with Crippen LogP contribution in [0.15, 0.2) is 83.1 Å². The molecule has 4 aromatic rings. The molecule has 4 rings (SSSR count). The summed E-state index contributed by atoms with van der Waals surface area (Å²) in [4.78, 5) is 12.5. The van der Waals surface area contributed by atoms with Crippen LogP contribution in [0, 0.1) is 6.92 Å². The van der Waals surface area contributed by atoms with Crippen molar-refractivity contribution in [2.45, 2.75) is 19.0 Å². The number of aryl methyl sites for hydroxylation is 1. The highest BCUT2D eigenvalue weighted by Crippen LogP contribution is 2.29. The van der Waals surface area contributed by atoms with E-state index in [0.717, 1.165) is 28.1 Å². The van der Waals surface area contributed by atoms with E-state index >= 15 is 0 Å². The molecule has 0 unspecified atom stereocenters. The zero-order valence-electron chi connectivity index (χ0n) is 19.5. The SMILES string of the molecule is COc1ccc(C(C)=NNC(=O)CSc2nnc(-c3ccc(Cl)cc3)n2-c2ccc(C)cc2)cc1. The Morgan fingerprint density at radius 3 is 2.37 bits per heavy atom.